The summed E-state index contributed by atoms with van der Waals surface area (Å²) in [5.74, 6) is 1.00. The van der Waals surface area contributed by atoms with Crippen LogP contribution in [-0.2, 0) is 0 Å². The van der Waals surface area contributed by atoms with Gasteiger partial charge in [-0.15, -0.1) is 0 Å². The van der Waals surface area contributed by atoms with Crippen LogP contribution in [0.25, 0.3) is 33.2 Å². The lowest BCUT2D eigenvalue weighted by Gasteiger charge is -2.21. The van der Waals surface area contributed by atoms with E-state index in [1.54, 1.807) is 6.26 Å². The molecule has 41 heavy (non-hydrogen) atoms. The molecule has 0 saturated carbocycles. The third kappa shape index (κ3) is 4.99. The Bertz CT molecular complexity index is 1920. The van der Waals surface area contributed by atoms with Gasteiger partial charge >= 0.3 is 0 Å². The standard InChI is InChI=1S/C37H26N2O2/c1-2-11-26(12-3-1)31-16-6-7-18-33(31)36(34-19-8-9-21-38-34)28-14-10-15-30(23-28)41-35-24-29(25-40-35)37-32-17-5-4-13-27(32)20-22-39-37/h1-25,36H/t36-/m0/s1. The van der Waals surface area contributed by atoms with Crippen molar-refractivity contribution < 1.29 is 9.15 Å². The van der Waals surface area contributed by atoms with Crippen LogP contribution in [-0.4, -0.2) is 9.97 Å². The second-order valence-corrected chi connectivity index (χ2v) is 9.85. The quantitative estimate of drug-likeness (QED) is 0.206. The van der Waals surface area contributed by atoms with Gasteiger partial charge in [0.2, 0.25) is 0 Å². The second-order valence-electron chi connectivity index (χ2n) is 9.85. The van der Waals surface area contributed by atoms with E-state index in [4.69, 9.17) is 14.1 Å². The van der Waals surface area contributed by atoms with E-state index in [1.807, 2.05) is 67.0 Å². The summed E-state index contributed by atoms with van der Waals surface area (Å²) in [7, 11) is 0. The first-order valence-electron chi connectivity index (χ1n) is 13.6. The van der Waals surface area contributed by atoms with E-state index in [2.05, 4.69) is 83.8 Å². The number of furan rings is 1. The summed E-state index contributed by atoms with van der Waals surface area (Å²) in [6.45, 7) is 0. The number of nitrogens with zero attached hydrogens (tertiary/aromatic N) is 2. The molecule has 0 N–H and O–H groups in total. The maximum atomic E-state index is 6.26. The maximum Gasteiger partial charge on any atom is 0.290 e. The predicted octanol–water partition coefficient (Wildman–Crippen LogP) is 9.53. The molecule has 0 saturated heterocycles. The van der Waals surface area contributed by atoms with E-state index in [1.165, 1.54) is 16.7 Å². The number of aromatic nitrogens is 2. The summed E-state index contributed by atoms with van der Waals surface area (Å²) in [5, 5.41) is 2.20. The van der Waals surface area contributed by atoms with Crippen molar-refractivity contribution in [3.05, 3.63) is 169 Å². The first kappa shape index (κ1) is 24.6. The van der Waals surface area contributed by atoms with E-state index in [0.717, 1.165) is 33.3 Å². The number of rotatable bonds is 7. The molecule has 3 aromatic heterocycles. The Labute approximate surface area is 238 Å². The third-order valence-electron chi connectivity index (χ3n) is 7.27. The van der Waals surface area contributed by atoms with Gasteiger partial charge < -0.3 is 9.15 Å². The first-order chi connectivity index (χ1) is 20.3. The molecule has 0 amide bonds. The Balaban J connectivity index is 1.25. The zero-order valence-corrected chi connectivity index (χ0v) is 22.2. The monoisotopic (exact) mass is 530 g/mol. The average molecular weight is 531 g/mol. The van der Waals surface area contributed by atoms with E-state index in [-0.39, 0.29) is 5.92 Å². The van der Waals surface area contributed by atoms with Crippen molar-refractivity contribution in [3.8, 4) is 34.1 Å². The summed E-state index contributed by atoms with van der Waals surface area (Å²) < 4.78 is 12.1. The Morgan fingerprint density at radius 3 is 2.34 bits per heavy atom. The fraction of sp³-hybridized carbons (Fsp3) is 0.0270. The van der Waals surface area contributed by atoms with Gasteiger partial charge in [0.15, 0.2) is 0 Å². The van der Waals surface area contributed by atoms with Gasteiger partial charge in [0.1, 0.15) is 12.0 Å². The summed E-state index contributed by atoms with van der Waals surface area (Å²) >= 11 is 0. The van der Waals surface area contributed by atoms with Gasteiger partial charge in [-0.1, -0.05) is 97.1 Å². The Morgan fingerprint density at radius 1 is 0.610 bits per heavy atom. The molecule has 4 heteroatoms. The molecule has 0 radical (unpaired) electrons. The predicted molar refractivity (Wildman–Crippen MR) is 163 cm³/mol. The molecule has 4 aromatic carbocycles. The molecule has 0 bridgehead atoms. The molecular formula is C37H26N2O2. The van der Waals surface area contributed by atoms with Crippen molar-refractivity contribution in [2.75, 3.05) is 0 Å². The molecule has 1 atom stereocenters. The molecule has 0 unspecified atom stereocenters. The largest absolute Gasteiger partial charge is 0.433 e. The number of pyridine rings is 2. The van der Waals surface area contributed by atoms with Crippen LogP contribution in [0.15, 0.2) is 157 Å². The first-order valence-corrected chi connectivity index (χ1v) is 13.6. The Hall–Kier alpha value is -5.48. The average Bonchev–Trinajstić information content (AvgIpc) is 3.50. The van der Waals surface area contributed by atoms with Crippen LogP contribution in [0.2, 0.25) is 0 Å². The van der Waals surface area contributed by atoms with Crippen molar-refractivity contribution in [2.24, 2.45) is 0 Å². The second kappa shape index (κ2) is 10.9. The maximum absolute atomic E-state index is 6.26. The summed E-state index contributed by atoms with van der Waals surface area (Å²) in [5.41, 5.74) is 7.30. The highest BCUT2D eigenvalue weighted by atomic mass is 16.6. The topological polar surface area (TPSA) is 48.2 Å². The minimum atomic E-state index is -0.0943. The number of benzene rings is 4. The molecule has 7 rings (SSSR count). The van der Waals surface area contributed by atoms with E-state index in [0.29, 0.717) is 11.7 Å². The van der Waals surface area contributed by atoms with Crippen molar-refractivity contribution in [3.63, 3.8) is 0 Å². The normalized spacial score (nSPS) is 11.8. The van der Waals surface area contributed by atoms with Crippen LogP contribution >= 0.6 is 0 Å². The highest BCUT2D eigenvalue weighted by Crippen LogP contribution is 2.39. The van der Waals surface area contributed by atoms with E-state index >= 15 is 0 Å². The molecule has 0 aliphatic heterocycles. The number of fused-ring (bicyclic) bond motifs is 1. The smallest absolute Gasteiger partial charge is 0.290 e. The van der Waals surface area contributed by atoms with Gasteiger partial charge in [0.25, 0.3) is 5.95 Å². The van der Waals surface area contributed by atoms with Crippen molar-refractivity contribution in [1.82, 2.24) is 9.97 Å². The fourth-order valence-corrected chi connectivity index (χ4v) is 5.40. The molecule has 196 valence electrons. The molecule has 0 aliphatic carbocycles. The molecule has 0 aliphatic rings. The summed E-state index contributed by atoms with van der Waals surface area (Å²) in [4.78, 5) is 9.39. The minimum absolute atomic E-state index is 0.0943. The fourth-order valence-electron chi connectivity index (χ4n) is 5.40. The SMILES string of the molecule is c1ccc(-c2ccccc2[C@H](c2cccc(Oc3cc(-c4nccc5ccccc45)co3)c2)c2ccccn2)cc1. The van der Waals surface area contributed by atoms with Crippen LogP contribution in [0.3, 0.4) is 0 Å². The minimum Gasteiger partial charge on any atom is -0.433 e. The molecule has 4 nitrogen and oxygen atoms in total. The lowest BCUT2D eigenvalue weighted by molar-refractivity contribution is 0.346. The molecule has 0 spiro atoms. The molecule has 3 heterocycles. The van der Waals surface area contributed by atoms with Crippen LogP contribution in [0.4, 0.5) is 0 Å². The number of hydrogen-bond donors (Lipinski definition) is 0. The van der Waals surface area contributed by atoms with Gasteiger partial charge in [-0.05, 0) is 58.0 Å². The van der Waals surface area contributed by atoms with Crippen molar-refractivity contribution >= 4 is 10.8 Å². The lowest BCUT2D eigenvalue weighted by Crippen LogP contribution is -2.07. The number of hydrogen-bond acceptors (Lipinski definition) is 4. The van der Waals surface area contributed by atoms with Crippen LogP contribution in [0.1, 0.15) is 22.7 Å². The number of ether oxygens (including phenoxy) is 1. The Morgan fingerprint density at radius 2 is 1.44 bits per heavy atom. The van der Waals surface area contributed by atoms with Crippen LogP contribution in [0, 0.1) is 0 Å². The van der Waals surface area contributed by atoms with Crippen molar-refractivity contribution in [2.45, 2.75) is 5.92 Å². The van der Waals surface area contributed by atoms with Crippen molar-refractivity contribution in [1.29, 1.82) is 0 Å². The summed E-state index contributed by atoms with van der Waals surface area (Å²) in [6, 6.07) is 45.3. The van der Waals surface area contributed by atoms with Gasteiger partial charge in [0.05, 0.1) is 17.3 Å². The van der Waals surface area contributed by atoms with Gasteiger partial charge in [-0.2, -0.15) is 0 Å². The van der Waals surface area contributed by atoms with Gasteiger partial charge in [0, 0.05) is 29.4 Å². The Kier molecular flexibility index (Phi) is 6.56. The molecule has 0 fully saturated rings. The molecule has 7 aromatic rings. The third-order valence-corrected chi connectivity index (χ3v) is 7.27. The highest BCUT2D eigenvalue weighted by Gasteiger charge is 2.22. The van der Waals surface area contributed by atoms with Crippen LogP contribution < -0.4 is 4.74 Å². The van der Waals surface area contributed by atoms with Gasteiger partial charge in [-0.25, -0.2) is 0 Å². The summed E-state index contributed by atoms with van der Waals surface area (Å²) in [6.07, 6.45) is 5.36. The zero-order valence-electron chi connectivity index (χ0n) is 22.2. The van der Waals surface area contributed by atoms with E-state index < -0.39 is 0 Å². The molecular weight excluding hydrogens is 504 g/mol. The highest BCUT2D eigenvalue weighted by molar-refractivity contribution is 5.94. The van der Waals surface area contributed by atoms with Crippen LogP contribution in [0.5, 0.6) is 11.7 Å². The van der Waals surface area contributed by atoms with E-state index in [9.17, 15) is 0 Å². The zero-order chi connectivity index (χ0) is 27.4. The lowest BCUT2D eigenvalue weighted by atomic mass is 9.83. The van der Waals surface area contributed by atoms with Gasteiger partial charge in [-0.3, -0.25) is 9.97 Å².